The van der Waals surface area contributed by atoms with Gasteiger partial charge in [0.25, 0.3) is 11.8 Å². The highest BCUT2D eigenvalue weighted by atomic mass is 35.5. The van der Waals surface area contributed by atoms with E-state index in [4.69, 9.17) is 11.6 Å². The zero-order valence-electron chi connectivity index (χ0n) is 15.3. The van der Waals surface area contributed by atoms with Gasteiger partial charge in [0.2, 0.25) is 0 Å². The third kappa shape index (κ3) is 5.69. The number of rotatable bonds is 7. The van der Waals surface area contributed by atoms with Crippen LogP contribution in [0.2, 0.25) is 5.02 Å². The SMILES string of the molecule is O=C(NCCc1cccc(Cl)c1)c1cccc(C(=O)NCc2ccccc2)c1. The summed E-state index contributed by atoms with van der Waals surface area (Å²) in [5.74, 6) is -0.419. The zero-order valence-corrected chi connectivity index (χ0v) is 16.1. The Bertz CT molecular complexity index is 958. The molecule has 4 nitrogen and oxygen atoms in total. The Morgan fingerprint density at radius 2 is 1.36 bits per heavy atom. The molecule has 0 aliphatic heterocycles. The van der Waals surface area contributed by atoms with Gasteiger partial charge in [0.1, 0.15) is 0 Å². The third-order valence-electron chi connectivity index (χ3n) is 4.27. The molecule has 0 aliphatic carbocycles. The maximum absolute atomic E-state index is 12.4. The third-order valence-corrected chi connectivity index (χ3v) is 4.51. The molecular formula is C23H21ClN2O2. The highest BCUT2D eigenvalue weighted by Gasteiger charge is 2.10. The molecule has 3 rings (SSSR count). The summed E-state index contributed by atoms with van der Waals surface area (Å²) in [6, 6.07) is 23.9. The number of carbonyl (C=O) groups is 2. The van der Waals surface area contributed by atoms with E-state index in [1.165, 1.54) is 0 Å². The lowest BCUT2D eigenvalue weighted by atomic mass is 10.1. The van der Waals surface area contributed by atoms with Gasteiger partial charge in [-0.1, -0.05) is 60.1 Å². The summed E-state index contributed by atoms with van der Waals surface area (Å²) < 4.78 is 0. The Morgan fingerprint density at radius 1 is 0.714 bits per heavy atom. The molecule has 0 fully saturated rings. The van der Waals surface area contributed by atoms with E-state index in [1.54, 1.807) is 24.3 Å². The minimum atomic E-state index is -0.211. The van der Waals surface area contributed by atoms with Crippen molar-refractivity contribution in [2.45, 2.75) is 13.0 Å². The molecule has 5 heteroatoms. The van der Waals surface area contributed by atoms with E-state index in [0.29, 0.717) is 35.7 Å². The number of halogens is 1. The fraction of sp³-hybridized carbons (Fsp3) is 0.130. The van der Waals surface area contributed by atoms with E-state index in [2.05, 4.69) is 10.6 Å². The Morgan fingerprint density at radius 3 is 2.07 bits per heavy atom. The van der Waals surface area contributed by atoms with Crippen molar-refractivity contribution in [2.24, 2.45) is 0 Å². The van der Waals surface area contributed by atoms with Crippen molar-refractivity contribution in [3.8, 4) is 0 Å². The van der Waals surface area contributed by atoms with Crippen LogP contribution < -0.4 is 10.6 Å². The molecule has 3 aromatic carbocycles. The second kappa shape index (κ2) is 9.72. The minimum Gasteiger partial charge on any atom is -0.352 e. The van der Waals surface area contributed by atoms with Crippen molar-refractivity contribution in [3.05, 3.63) is 106 Å². The van der Waals surface area contributed by atoms with Gasteiger partial charge in [0.05, 0.1) is 0 Å². The average Bonchev–Trinajstić information content (AvgIpc) is 2.73. The number of carbonyl (C=O) groups excluding carboxylic acids is 2. The molecule has 0 aliphatic rings. The molecule has 0 heterocycles. The Kier molecular flexibility index (Phi) is 6.82. The van der Waals surface area contributed by atoms with Gasteiger partial charge in [-0.05, 0) is 47.9 Å². The minimum absolute atomic E-state index is 0.209. The molecule has 142 valence electrons. The van der Waals surface area contributed by atoms with Crippen molar-refractivity contribution < 1.29 is 9.59 Å². The fourth-order valence-electron chi connectivity index (χ4n) is 2.80. The van der Waals surface area contributed by atoms with Crippen LogP contribution in [0.4, 0.5) is 0 Å². The number of benzene rings is 3. The van der Waals surface area contributed by atoms with Crippen molar-refractivity contribution in [3.63, 3.8) is 0 Å². The summed E-state index contributed by atoms with van der Waals surface area (Å²) in [6.45, 7) is 0.930. The number of hydrogen-bond acceptors (Lipinski definition) is 2. The van der Waals surface area contributed by atoms with Gasteiger partial charge in [0, 0.05) is 29.2 Å². The topological polar surface area (TPSA) is 58.2 Å². The van der Waals surface area contributed by atoms with Crippen molar-refractivity contribution in [1.29, 1.82) is 0 Å². The summed E-state index contributed by atoms with van der Waals surface area (Å²) in [5, 5.41) is 6.42. The first kappa shape index (κ1) is 19.6. The summed E-state index contributed by atoms with van der Waals surface area (Å²) in [4.78, 5) is 24.8. The molecule has 0 saturated heterocycles. The van der Waals surface area contributed by atoms with Crippen LogP contribution in [-0.2, 0) is 13.0 Å². The van der Waals surface area contributed by atoms with Gasteiger partial charge in [-0.2, -0.15) is 0 Å². The predicted molar refractivity (Wildman–Crippen MR) is 112 cm³/mol. The molecule has 2 amide bonds. The molecule has 0 radical (unpaired) electrons. The van der Waals surface area contributed by atoms with Crippen LogP contribution in [0.1, 0.15) is 31.8 Å². The molecule has 0 bridgehead atoms. The van der Waals surface area contributed by atoms with E-state index in [9.17, 15) is 9.59 Å². The molecule has 0 spiro atoms. The molecule has 0 aromatic heterocycles. The van der Waals surface area contributed by atoms with Crippen LogP contribution in [0, 0.1) is 0 Å². The zero-order chi connectivity index (χ0) is 19.8. The summed E-state index contributed by atoms with van der Waals surface area (Å²) >= 11 is 5.97. The van der Waals surface area contributed by atoms with E-state index in [-0.39, 0.29) is 11.8 Å². The number of nitrogens with one attached hydrogen (secondary N) is 2. The maximum atomic E-state index is 12.4. The molecular weight excluding hydrogens is 372 g/mol. The van der Waals surface area contributed by atoms with Crippen molar-refractivity contribution in [2.75, 3.05) is 6.54 Å². The Labute approximate surface area is 169 Å². The molecule has 0 atom stereocenters. The predicted octanol–water partition coefficient (Wildman–Crippen LogP) is 4.24. The van der Waals surface area contributed by atoms with Crippen LogP contribution >= 0.6 is 11.6 Å². The Hall–Kier alpha value is -3.11. The van der Waals surface area contributed by atoms with Crippen LogP contribution in [0.5, 0.6) is 0 Å². The van der Waals surface area contributed by atoms with Gasteiger partial charge in [-0.3, -0.25) is 9.59 Å². The summed E-state index contributed by atoms with van der Waals surface area (Å²) in [6.07, 6.45) is 0.684. The van der Waals surface area contributed by atoms with Gasteiger partial charge in [-0.15, -0.1) is 0 Å². The lowest BCUT2D eigenvalue weighted by Gasteiger charge is -2.08. The Balaban J connectivity index is 1.54. The summed E-state index contributed by atoms with van der Waals surface area (Å²) in [5.41, 5.74) is 2.99. The molecule has 2 N–H and O–H groups in total. The highest BCUT2D eigenvalue weighted by Crippen LogP contribution is 2.11. The number of amides is 2. The van der Waals surface area contributed by atoms with E-state index < -0.39 is 0 Å². The fourth-order valence-corrected chi connectivity index (χ4v) is 3.01. The van der Waals surface area contributed by atoms with E-state index in [1.807, 2.05) is 54.6 Å². The van der Waals surface area contributed by atoms with Gasteiger partial charge >= 0.3 is 0 Å². The largest absolute Gasteiger partial charge is 0.352 e. The standard InChI is InChI=1S/C23H21ClN2O2/c24-21-11-4-8-17(14-21)12-13-25-22(27)19-9-5-10-20(15-19)23(28)26-16-18-6-2-1-3-7-18/h1-11,14-15H,12-13,16H2,(H,25,27)(H,26,28). The lowest BCUT2D eigenvalue weighted by Crippen LogP contribution is -2.27. The van der Waals surface area contributed by atoms with Crippen LogP contribution in [0.25, 0.3) is 0 Å². The van der Waals surface area contributed by atoms with Gasteiger partial charge < -0.3 is 10.6 Å². The maximum Gasteiger partial charge on any atom is 0.251 e. The first-order valence-corrected chi connectivity index (χ1v) is 9.44. The second-order valence-electron chi connectivity index (χ2n) is 6.38. The molecule has 28 heavy (non-hydrogen) atoms. The first-order valence-electron chi connectivity index (χ1n) is 9.06. The quantitative estimate of drug-likeness (QED) is 0.631. The number of hydrogen-bond donors (Lipinski definition) is 2. The normalized spacial score (nSPS) is 10.3. The van der Waals surface area contributed by atoms with Crippen LogP contribution in [0.15, 0.2) is 78.9 Å². The van der Waals surface area contributed by atoms with Crippen LogP contribution in [-0.4, -0.2) is 18.4 Å². The highest BCUT2D eigenvalue weighted by molar-refractivity contribution is 6.30. The monoisotopic (exact) mass is 392 g/mol. The average molecular weight is 393 g/mol. The van der Waals surface area contributed by atoms with Crippen molar-refractivity contribution in [1.82, 2.24) is 10.6 Å². The van der Waals surface area contributed by atoms with Crippen molar-refractivity contribution >= 4 is 23.4 Å². The molecule has 3 aromatic rings. The smallest absolute Gasteiger partial charge is 0.251 e. The first-order chi connectivity index (χ1) is 13.6. The molecule has 0 unspecified atom stereocenters. The second-order valence-corrected chi connectivity index (χ2v) is 6.82. The van der Waals surface area contributed by atoms with E-state index in [0.717, 1.165) is 11.1 Å². The van der Waals surface area contributed by atoms with Gasteiger partial charge in [-0.25, -0.2) is 0 Å². The van der Waals surface area contributed by atoms with Gasteiger partial charge in [0.15, 0.2) is 0 Å². The summed E-state index contributed by atoms with van der Waals surface area (Å²) in [7, 11) is 0. The van der Waals surface area contributed by atoms with E-state index >= 15 is 0 Å². The van der Waals surface area contributed by atoms with Crippen LogP contribution in [0.3, 0.4) is 0 Å². The lowest BCUT2D eigenvalue weighted by molar-refractivity contribution is 0.0950. The molecule has 0 saturated carbocycles.